The van der Waals surface area contributed by atoms with Gasteiger partial charge in [0.25, 0.3) is 0 Å². The van der Waals surface area contributed by atoms with Gasteiger partial charge in [-0.15, -0.1) is 0 Å². The van der Waals surface area contributed by atoms with Gasteiger partial charge in [0.05, 0.1) is 25.0 Å². The van der Waals surface area contributed by atoms with Crippen LogP contribution in [0.5, 0.6) is 11.5 Å². The molecule has 1 aliphatic heterocycles. The minimum Gasteiger partial charge on any atom is -0.490 e. The molecule has 0 radical (unpaired) electrons. The number of aliphatic hydroxyl groups excluding tert-OH is 1. The predicted octanol–water partition coefficient (Wildman–Crippen LogP) is 2.31. The lowest BCUT2D eigenvalue weighted by molar-refractivity contribution is 0.0366. The first kappa shape index (κ1) is 17.9. The van der Waals surface area contributed by atoms with Crippen molar-refractivity contribution in [3.63, 3.8) is 0 Å². The Morgan fingerprint density at radius 1 is 1.30 bits per heavy atom. The van der Waals surface area contributed by atoms with E-state index in [0.29, 0.717) is 30.4 Å². The summed E-state index contributed by atoms with van der Waals surface area (Å²) in [6.07, 6.45) is 2.29. The van der Waals surface area contributed by atoms with E-state index < -0.39 is 0 Å². The molecule has 0 amide bonds. The Morgan fingerprint density at radius 2 is 2.09 bits per heavy atom. The first-order valence-corrected chi connectivity index (χ1v) is 8.59. The van der Waals surface area contributed by atoms with E-state index in [0.717, 1.165) is 37.9 Å². The maximum atomic E-state index is 10.2. The smallest absolute Gasteiger partial charge is 0.184 e. The average molecular weight is 322 g/mol. The molecule has 0 aliphatic carbocycles. The molecule has 0 saturated carbocycles. The highest BCUT2D eigenvalue weighted by Crippen LogP contribution is 2.36. The van der Waals surface area contributed by atoms with Crippen molar-refractivity contribution in [3.05, 3.63) is 17.7 Å². The Kier molecular flexibility index (Phi) is 6.54. The number of hydrogen-bond acceptors (Lipinski definition) is 5. The van der Waals surface area contributed by atoms with Gasteiger partial charge in [-0.25, -0.2) is 0 Å². The molecule has 2 atom stereocenters. The fourth-order valence-electron chi connectivity index (χ4n) is 3.13. The van der Waals surface area contributed by atoms with E-state index in [2.05, 4.69) is 18.9 Å². The van der Waals surface area contributed by atoms with Crippen LogP contribution in [0.25, 0.3) is 0 Å². The second kappa shape index (κ2) is 8.41. The first-order chi connectivity index (χ1) is 11.0. The highest BCUT2D eigenvalue weighted by atomic mass is 16.5. The summed E-state index contributed by atoms with van der Waals surface area (Å²) in [4.78, 5) is 2.27. The zero-order chi connectivity index (χ0) is 16.8. The molecule has 1 saturated heterocycles. The SMILES string of the molecule is CCCOc1c(N)cc(CC2CN(C)CCC2O)cc1OCC. The van der Waals surface area contributed by atoms with Crippen molar-refractivity contribution in [1.29, 1.82) is 0 Å². The van der Waals surface area contributed by atoms with E-state index in [1.165, 1.54) is 0 Å². The number of aliphatic hydroxyl groups is 1. The summed E-state index contributed by atoms with van der Waals surface area (Å²) < 4.78 is 11.5. The first-order valence-electron chi connectivity index (χ1n) is 8.59. The number of rotatable bonds is 7. The molecule has 1 heterocycles. The lowest BCUT2D eigenvalue weighted by atomic mass is 9.88. The number of ether oxygens (including phenoxy) is 2. The molecule has 1 fully saturated rings. The largest absolute Gasteiger partial charge is 0.490 e. The third kappa shape index (κ3) is 4.75. The van der Waals surface area contributed by atoms with E-state index >= 15 is 0 Å². The number of anilines is 1. The van der Waals surface area contributed by atoms with Crippen LogP contribution in [0.2, 0.25) is 0 Å². The molecule has 5 heteroatoms. The van der Waals surface area contributed by atoms with Crippen molar-refractivity contribution < 1.29 is 14.6 Å². The van der Waals surface area contributed by atoms with Gasteiger partial charge in [0.15, 0.2) is 11.5 Å². The Balaban J connectivity index is 2.18. The van der Waals surface area contributed by atoms with Gasteiger partial charge < -0.3 is 25.2 Å². The van der Waals surface area contributed by atoms with Gasteiger partial charge >= 0.3 is 0 Å². The number of nitrogen functional groups attached to an aromatic ring is 1. The van der Waals surface area contributed by atoms with Crippen LogP contribution in [0.15, 0.2) is 12.1 Å². The number of likely N-dealkylation sites (tertiary alicyclic amines) is 1. The molecule has 5 nitrogen and oxygen atoms in total. The summed E-state index contributed by atoms with van der Waals surface area (Å²) in [7, 11) is 2.10. The standard InChI is InChI=1S/C18H30N2O3/c1-4-8-23-18-15(19)10-13(11-17(18)22-5-2)9-14-12-20(3)7-6-16(14)21/h10-11,14,16,21H,4-9,12,19H2,1-3H3. The normalized spacial score (nSPS) is 22.1. The third-order valence-corrected chi connectivity index (χ3v) is 4.29. The predicted molar refractivity (Wildman–Crippen MR) is 93.1 cm³/mol. The number of nitrogens with two attached hydrogens (primary N) is 1. The Bertz CT molecular complexity index is 507. The quantitative estimate of drug-likeness (QED) is 0.754. The average Bonchev–Trinajstić information content (AvgIpc) is 2.50. The highest BCUT2D eigenvalue weighted by Gasteiger charge is 2.26. The molecule has 3 N–H and O–H groups in total. The molecule has 1 aromatic carbocycles. The molecule has 130 valence electrons. The molecule has 2 unspecified atom stereocenters. The van der Waals surface area contributed by atoms with Gasteiger partial charge in [0.1, 0.15) is 0 Å². The minimum absolute atomic E-state index is 0.227. The molecular weight excluding hydrogens is 292 g/mol. The van der Waals surface area contributed by atoms with Gasteiger partial charge in [0, 0.05) is 19.0 Å². The number of benzene rings is 1. The maximum absolute atomic E-state index is 10.2. The van der Waals surface area contributed by atoms with Crippen molar-refractivity contribution in [2.45, 2.75) is 39.2 Å². The zero-order valence-electron chi connectivity index (χ0n) is 14.5. The molecule has 0 spiro atoms. The van der Waals surface area contributed by atoms with Crippen molar-refractivity contribution in [2.75, 3.05) is 39.1 Å². The zero-order valence-corrected chi connectivity index (χ0v) is 14.5. The Hall–Kier alpha value is -1.46. The van der Waals surface area contributed by atoms with Gasteiger partial charge in [-0.05, 0) is 50.9 Å². The second-order valence-corrected chi connectivity index (χ2v) is 6.38. The third-order valence-electron chi connectivity index (χ3n) is 4.29. The van der Waals surface area contributed by atoms with E-state index in [1.54, 1.807) is 0 Å². The molecule has 2 rings (SSSR count). The summed E-state index contributed by atoms with van der Waals surface area (Å²) in [6, 6.07) is 3.96. The Morgan fingerprint density at radius 3 is 2.78 bits per heavy atom. The van der Waals surface area contributed by atoms with Crippen LogP contribution in [0.3, 0.4) is 0 Å². The van der Waals surface area contributed by atoms with E-state index in [4.69, 9.17) is 15.2 Å². The Labute approximate surface area is 139 Å². The fraction of sp³-hybridized carbons (Fsp3) is 0.667. The summed E-state index contributed by atoms with van der Waals surface area (Å²) in [5.41, 5.74) is 7.88. The van der Waals surface area contributed by atoms with Crippen LogP contribution in [0.1, 0.15) is 32.3 Å². The lowest BCUT2D eigenvalue weighted by Gasteiger charge is -2.34. The van der Waals surface area contributed by atoms with Crippen LogP contribution >= 0.6 is 0 Å². The monoisotopic (exact) mass is 322 g/mol. The summed E-state index contributed by atoms with van der Waals surface area (Å²) in [6.45, 7) is 7.06. The second-order valence-electron chi connectivity index (χ2n) is 6.38. The fourth-order valence-corrected chi connectivity index (χ4v) is 3.13. The van der Waals surface area contributed by atoms with E-state index in [1.807, 2.05) is 19.1 Å². The van der Waals surface area contributed by atoms with Gasteiger partial charge in [-0.3, -0.25) is 0 Å². The lowest BCUT2D eigenvalue weighted by Crippen LogP contribution is -2.41. The molecule has 1 aliphatic rings. The summed E-state index contributed by atoms with van der Waals surface area (Å²) in [5.74, 6) is 1.57. The molecule has 23 heavy (non-hydrogen) atoms. The topological polar surface area (TPSA) is 68.0 Å². The van der Waals surface area contributed by atoms with E-state index in [-0.39, 0.29) is 12.0 Å². The summed E-state index contributed by atoms with van der Waals surface area (Å²) in [5, 5.41) is 10.2. The van der Waals surface area contributed by atoms with Crippen molar-refractivity contribution >= 4 is 5.69 Å². The number of hydrogen-bond donors (Lipinski definition) is 2. The van der Waals surface area contributed by atoms with Crippen LogP contribution in [-0.2, 0) is 6.42 Å². The molecule has 1 aromatic rings. The van der Waals surface area contributed by atoms with Crippen LogP contribution < -0.4 is 15.2 Å². The summed E-state index contributed by atoms with van der Waals surface area (Å²) >= 11 is 0. The number of nitrogens with zero attached hydrogens (tertiary/aromatic N) is 1. The van der Waals surface area contributed by atoms with Crippen LogP contribution in [0, 0.1) is 5.92 Å². The molecular formula is C18H30N2O3. The van der Waals surface area contributed by atoms with Crippen LogP contribution in [-0.4, -0.2) is 49.5 Å². The van der Waals surface area contributed by atoms with Crippen molar-refractivity contribution in [1.82, 2.24) is 4.90 Å². The van der Waals surface area contributed by atoms with Gasteiger partial charge in [-0.2, -0.15) is 0 Å². The van der Waals surface area contributed by atoms with Gasteiger partial charge in [0.2, 0.25) is 0 Å². The van der Waals surface area contributed by atoms with Gasteiger partial charge in [-0.1, -0.05) is 6.92 Å². The minimum atomic E-state index is -0.251. The maximum Gasteiger partial charge on any atom is 0.184 e. The van der Waals surface area contributed by atoms with Crippen molar-refractivity contribution in [2.24, 2.45) is 5.92 Å². The van der Waals surface area contributed by atoms with Crippen LogP contribution in [0.4, 0.5) is 5.69 Å². The highest BCUT2D eigenvalue weighted by molar-refractivity contribution is 5.62. The van der Waals surface area contributed by atoms with Crippen molar-refractivity contribution in [3.8, 4) is 11.5 Å². The molecule has 0 bridgehead atoms. The van der Waals surface area contributed by atoms with E-state index in [9.17, 15) is 5.11 Å². The molecule has 0 aromatic heterocycles. The number of piperidine rings is 1.